The fourth-order valence-corrected chi connectivity index (χ4v) is 9.45. The lowest BCUT2D eigenvalue weighted by Crippen LogP contribution is -2.45. The predicted molar refractivity (Wildman–Crippen MR) is 277 cm³/mol. The first-order chi connectivity index (χ1) is 33.8. The second-order valence-corrected chi connectivity index (χ2v) is 19.5. The number of benzene rings is 2. The van der Waals surface area contributed by atoms with Gasteiger partial charge < -0.3 is 24.6 Å². The molecule has 69 heavy (non-hydrogen) atoms. The van der Waals surface area contributed by atoms with Crippen LogP contribution < -0.4 is 5.32 Å². The number of carbonyl (C=O) groups excluding carboxylic acids is 4. The molecule has 0 spiro atoms. The van der Waals surface area contributed by atoms with Gasteiger partial charge in [0, 0.05) is 12.3 Å². The number of rotatable bonds is 41. The van der Waals surface area contributed by atoms with Crippen molar-refractivity contribution in [3.8, 4) is 11.1 Å². The molecule has 2 N–H and O–H groups in total. The number of ether oxygens (including phenoxy) is 3. The van der Waals surface area contributed by atoms with Crippen LogP contribution in [0.2, 0.25) is 0 Å². The van der Waals surface area contributed by atoms with E-state index >= 15 is 0 Å². The Balaban J connectivity index is 1.39. The van der Waals surface area contributed by atoms with E-state index in [0.717, 1.165) is 60.8 Å². The Hall–Kier alpha value is -4.41. The highest BCUT2D eigenvalue weighted by atomic mass is 16.6. The maximum absolute atomic E-state index is 13.5. The van der Waals surface area contributed by atoms with E-state index in [0.29, 0.717) is 17.7 Å². The summed E-state index contributed by atoms with van der Waals surface area (Å²) >= 11 is 0. The molecule has 3 rings (SSSR count). The SMILES string of the molecule is CCCCCCCCCCCCCCCCCCOC(=O)N(C(=O)CCC(NC(=O)OCC1c2ccccc2-c2ccccc21)C(=O)O)C(=O)OCCCCCCCCCCCCCCCCCC. The van der Waals surface area contributed by atoms with Crippen molar-refractivity contribution in [2.45, 2.75) is 244 Å². The van der Waals surface area contributed by atoms with Crippen LogP contribution in [-0.2, 0) is 23.8 Å². The lowest BCUT2D eigenvalue weighted by atomic mass is 9.98. The van der Waals surface area contributed by atoms with Crippen LogP contribution in [0, 0.1) is 0 Å². The monoisotopic (exact) mass is 961 g/mol. The summed E-state index contributed by atoms with van der Waals surface area (Å²) in [6, 6.07) is 14.2. The second kappa shape index (κ2) is 38.4. The average molecular weight is 961 g/mol. The van der Waals surface area contributed by atoms with E-state index in [9.17, 15) is 29.1 Å². The maximum atomic E-state index is 13.5. The minimum absolute atomic E-state index is 0.0185. The third-order valence-corrected chi connectivity index (χ3v) is 13.6. The summed E-state index contributed by atoms with van der Waals surface area (Å²) in [5.74, 6) is -2.58. The zero-order chi connectivity index (χ0) is 49.6. The van der Waals surface area contributed by atoms with E-state index in [1.165, 1.54) is 154 Å². The number of hydrogen-bond donors (Lipinski definition) is 2. The highest BCUT2D eigenvalue weighted by Crippen LogP contribution is 2.44. The van der Waals surface area contributed by atoms with E-state index in [1.54, 1.807) is 0 Å². The van der Waals surface area contributed by atoms with Gasteiger partial charge in [0.15, 0.2) is 0 Å². The van der Waals surface area contributed by atoms with Gasteiger partial charge in [-0.05, 0) is 41.5 Å². The molecule has 0 aliphatic heterocycles. The van der Waals surface area contributed by atoms with E-state index in [1.807, 2.05) is 48.5 Å². The molecule has 388 valence electrons. The van der Waals surface area contributed by atoms with Crippen LogP contribution in [-0.4, -0.2) is 66.0 Å². The lowest BCUT2D eigenvalue weighted by Gasteiger charge is -2.20. The van der Waals surface area contributed by atoms with Gasteiger partial charge in [-0.15, -0.1) is 4.90 Å². The molecule has 2 aromatic carbocycles. The fraction of sp³-hybridized carbons (Fsp3) is 0.707. The van der Waals surface area contributed by atoms with Crippen molar-refractivity contribution in [1.29, 1.82) is 0 Å². The molecule has 11 nitrogen and oxygen atoms in total. The molecule has 0 aromatic heterocycles. The largest absolute Gasteiger partial charge is 0.480 e. The molecule has 0 saturated carbocycles. The van der Waals surface area contributed by atoms with Gasteiger partial charge >= 0.3 is 24.2 Å². The van der Waals surface area contributed by atoms with E-state index in [-0.39, 0.29) is 25.7 Å². The molecular formula is C58H92N2O9. The molecule has 1 atom stereocenters. The third-order valence-electron chi connectivity index (χ3n) is 13.6. The number of amides is 4. The number of imide groups is 3. The number of alkyl carbamates (subject to hydrolysis) is 1. The first-order valence-electron chi connectivity index (χ1n) is 27.8. The van der Waals surface area contributed by atoms with Gasteiger partial charge in [-0.25, -0.2) is 19.2 Å². The standard InChI is InChI=1S/C58H92N2O9/c1-3-5-7-9-11-13-15-17-19-21-23-25-27-29-31-37-45-67-57(65)60(58(66)68-46-38-32-30-28-26-24-22-20-18-16-14-12-10-8-6-4-2)54(61)44-43-53(55(62)63)59-56(64)69-47-52-50-41-35-33-39-48(50)49-40-34-36-42-51(49)52/h33-36,39-42,52-53H,3-32,37-38,43-47H2,1-2H3,(H,59,64)(H,62,63). The summed E-state index contributed by atoms with van der Waals surface area (Å²) in [6.07, 6.45) is 34.5. The Morgan fingerprint density at radius 2 is 0.826 bits per heavy atom. The van der Waals surface area contributed by atoms with Crippen LogP contribution in [0.4, 0.5) is 14.4 Å². The Morgan fingerprint density at radius 1 is 0.493 bits per heavy atom. The number of carboxylic acids is 1. The molecule has 0 bridgehead atoms. The molecular weight excluding hydrogens is 869 g/mol. The first-order valence-corrected chi connectivity index (χ1v) is 27.8. The summed E-state index contributed by atoms with van der Waals surface area (Å²) < 4.78 is 16.4. The number of unbranched alkanes of at least 4 members (excludes halogenated alkanes) is 30. The van der Waals surface area contributed by atoms with Crippen LogP contribution in [0.15, 0.2) is 48.5 Å². The molecule has 0 radical (unpaired) electrons. The minimum Gasteiger partial charge on any atom is -0.480 e. The molecule has 1 aliphatic carbocycles. The minimum atomic E-state index is -1.52. The van der Waals surface area contributed by atoms with Crippen LogP contribution in [0.1, 0.15) is 249 Å². The van der Waals surface area contributed by atoms with Gasteiger partial charge in [0.25, 0.3) is 0 Å². The van der Waals surface area contributed by atoms with E-state index in [4.69, 9.17) is 14.2 Å². The Kier molecular flexibility index (Phi) is 32.7. The van der Waals surface area contributed by atoms with Crippen LogP contribution in [0.3, 0.4) is 0 Å². The summed E-state index contributed by atoms with van der Waals surface area (Å²) in [4.78, 5) is 65.7. The molecule has 0 fully saturated rings. The summed E-state index contributed by atoms with van der Waals surface area (Å²) in [5, 5.41) is 12.3. The van der Waals surface area contributed by atoms with Gasteiger partial charge in [-0.1, -0.05) is 255 Å². The van der Waals surface area contributed by atoms with Crippen molar-refractivity contribution in [1.82, 2.24) is 10.2 Å². The first kappa shape index (κ1) is 58.9. The topological polar surface area (TPSA) is 149 Å². The summed E-state index contributed by atoms with van der Waals surface area (Å²) in [5.41, 5.74) is 4.13. The Morgan fingerprint density at radius 3 is 1.17 bits per heavy atom. The Labute approximate surface area is 417 Å². The predicted octanol–water partition coefficient (Wildman–Crippen LogP) is 16.4. The maximum Gasteiger partial charge on any atom is 0.426 e. The van der Waals surface area contributed by atoms with Crippen molar-refractivity contribution in [2.75, 3.05) is 19.8 Å². The van der Waals surface area contributed by atoms with E-state index < -0.39 is 49.0 Å². The van der Waals surface area contributed by atoms with Crippen molar-refractivity contribution >= 4 is 30.2 Å². The zero-order valence-electron chi connectivity index (χ0n) is 43.1. The molecule has 1 unspecified atom stereocenters. The molecule has 0 saturated heterocycles. The Bertz CT molecular complexity index is 1620. The van der Waals surface area contributed by atoms with Crippen LogP contribution >= 0.6 is 0 Å². The second-order valence-electron chi connectivity index (χ2n) is 19.5. The molecule has 2 aromatic rings. The summed E-state index contributed by atoms with van der Waals surface area (Å²) in [6.45, 7) is 4.56. The average Bonchev–Trinajstić information content (AvgIpc) is 3.67. The van der Waals surface area contributed by atoms with Gasteiger partial charge in [-0.2, -0.15) is 0 Å². The van der Waals surface area contributed by atoms with Gasteiger partial charge in [-0.3, -0.25) is 4.79 Å². The molecule has 11 heteroatoms. The smallest absolute Gasteiger partial charge is 0.426 e. The molecule has 4 amide bonds. The number of fused-ring (bicyclic) bond motifs is 3. The highest BCUT2D eigenvalue weighted by molar-refractivity contribution is 6.06. The van der Waals surface area contributed by atoms with Crippen molar-refractivity contribution in [3.05, 3.63) is 59.7 Å². The van der Waals surface area contributed by atoms with Gasteiger partial charge in [0.2, 0.25) is 5.91 Å². The van der Waals surface area contributed by atoms with Crippen molar-refractivity contribution in [3.63, 3.8) is 0 Å². The quantitative estimate of drug-likeness (QED) is 0.0491. The third kappa shape index (κ3) is 25.3. The number of carbonyl (C=O) groups is 5. The number of carboxylic acid groups (broad SMARTS) is 1. The number of nitrogens with zero attached hydrogens (tertiary/aromatic N) is 1. The van der Waals surface area contributed by atoms with E-state index in [2.05, 4.69) is 19.2 Å². The van der Waals surface area contributed by atoms with Crippen molar-refractivity contribution in [2.24, 2.45) is 0 Å². The molecule has 0 heterocycles. The molecule has 1 aliphatic rings. The highest BCUT2D eigenvalue weighted by Gasteiger charge is 2.34. The number of nitrogens with one attached hydrogen (secondary N) is 1. The van der Waals surface area contributed by atoms with Crippen LogP contribution in [0.5, 0.6) is 0 Å². The van der Waals surface area contributed by atoms with Crippen LogP contribution in [0.25, 0.3) is 11.1 Å². The number of hydrogen-bond acceptors (Lipinski definition) is 8. The fourth-order valence-electron chi connectivity index (χ4n) is 9.45. The normalized spacial score (nSPS) is 12.3. The zero-order valence-corrected chi connectivity index (χ0v) is 43.1. The van der Waals surface area contributed by atoms with Crippen molar-refractivity contribution < 1.29 is 43.3 Å². The summed E-state index contributed by atoms with van der Waals surface area (Å²) in [7, 11) is 0. The van der Waals surface area contributed by atoms with Gasteiger partial charge in [0.1, 0.15) is 12.6 Å². The lowest BCUT2D eigenvalue weighted by molar-refractivity contribution is -0.139. The van der Waals surface area contributed by atoms with Gasteiger partial charge in [0.05, 0.1) is 13.2 Å². The number of aliphatic carboxylic acids is 1.